The lowest BCUT2D eigenvalue weighted by molar-refractivity contribution is -0.123. The lowest BCUT2D eigenvalue weighted by atomic mass is 10.0. The molecule has 2 aromatic rings. The van der Waals surface area contributed by atoms with E-state index in [1.54, 1.807) is 6.20 Å². The largest absolute Gasteiger partial charge is 0.381 e. The van der Waals surface area contributed by atoms with Gasteiger partial charge in [-0.15, -0.1) is 11.3 Å². The fourth-order valence-electron chi connectivity index (χ4n) is 2.22. The molecule has 0 bridgehead atoms. The van der Waals surface area contributed by atoms with Gasteiger partial charge in [0.1, 0.15) is 0 Å². The molecule has 1 aliphatic heterocycles. The van der Waals surface area contributed by atoms with Crippen LogP contribution in [0.5, 0.6) is 0 Å². The molecule has 0 spiro atoms. The smallest absolute Gasteiger partial charge is 0.259 e. The topological polar surface area (TPSA) is 48.3 Å². The molecule has 1 saturated heterocycles. The predicted molar refractivity (Wildman–Crippen MR) is 70.0 cm³/mol. The van der Waals surface area contributed by atoms with Gasteiger partial charge in [0.25, 0.3) is 5.56 Å². The van der Waals surface area contributed by atoms with Crippen molar-refractivity contribution in [3.05, 3.63) is 34.1 Å². The fraction of sp³-hybridized carbons (Fsp3) is 0.385. The van der Waals surface area contributed by atoms with Crippen LogP contribution in [0.1, 0.15) is 6.42 Å². The zero-order valence-corrected chi connectivity index (χ0v) is 10.6. The van der Waals surface area contributed by atoms with Crippen LogP contribution in [-0.2, 0) is 16.1 Å². The summed E-state index contributed by atoms with van der Waals surface area (Å²) in [7, 11) is 0. The molecule has 1 aliphatic rings. The first-order valence-electron chi connectivity index (χ1n) is 5.93. The van der Waals surface area contributed by atoms with E-state index in [-0.39, 0.29) is 23.8 Å². The molecule has 0 aromatic carbocycles. The Hall–Kier alpha value is -1.46. The molecule has 94 valence electrons. The van der Waals surface area contributed by atoms with Crippen LogP contribution >= 0.6 is 11.3 Å². The van der Waals surface area contributed by atoms with Gasteiger partial charge in [-0.1, -0.05) is 0 Å². The maximum Gasteiger partial charge on any atom is 0.259 e. The second-order valence-electron chi connectivity index (χ2n) is 4.47. The van der Waals surface area contributed by atoms with Gasteiger partial charge in [-0.3, -0.25) is 9.59 Å². The van der Waals surface area contributed by atoms with E-state index in [1.165, 1.54) is 15.9 Å². The standard InChI is InChI=1S/C13H13NO3S/c15-11(9-2-5-17-8-9)7-14-4-1-12-10(13(14)16)3-6-18-12/h1,3-4,6,9H,2,5,7-8H2. The molecule has 18 heavy (non-hydrogen) atoms. The number of hydrogen-bond acceptors (Lipinski definition) is 4. The van der Waals surface area contributed by atoms with Gasteiger partial charge in [-0.2, -0.15) is 0 Å². The average molecular weight is 263 g/mol. The Kier molecular flexibility index (Phi) is 3.01. The van der Waals surface area contributed by atoms with Gasteiger partial charge in [0.15, 0.2) is 5.78 Å². The monoisotopic (exact) mass is 263 g/mol. The van der Waals surface area contributed by atoms with Crippen molar-refractivity contribution in [2.24, 2.45) is 5.92 Å². The Morgan fingerprint density at radius 2 is 2.39 bits per heavy atom. The maximum absolute atomic E-state index is 12.1. The van der Waals surface area contributed by atoms with E-state index in [0.717, 1.165) is 11.1 Å². The van der Waals surface area contributed by atoms with Crippen molar-refractivity contribution in [3.63, 3.8) is 0 Å². The van der Waals surface area contributed by atoms with Crippen LogP contribution in [0.2, 0.25) is 0 Å². The molecule has 1 atom stereocenters. The Balaban J connectivity index is 1.88. The molecule has 1 fully saturated rings. The number of fused-ring (bicyclic) bond motifs is 1. The molecule has 0 saturated carbocycles. The van der Waals surface area contributed by atoms with Gasteiger partial charge in [0, 0.05) is 23.4 Å². The lowest BCUT2D eigenvalue weighted by Crippen LogP contribution is -2.27. The first kappa shape index (κ1) is 11.6. The highest BCUT2D eigenvalue weighted by Crippen LogP contribution is 2.17. The summed E-state index contributed by atoms with van der Waals surface area (Å²) >= 11 is 1.54. The van der Waals surface area contributed by atoms with Gasteiger partial charge >= 0.3 is 0 Å². The number of carbonyl (C=O) groups is 1. The van der Waals surface area contributed by atoms with Gasteiger partial charge < -0.3 is 9.30 Å². The number of rotatable bonds is 3. The molecule has 5 heteroatoms. The molecule has 3 heterocycles. The summed E-state index contributed by atoms with van der Waals surface area (Å²) in [6.45, 7) is 1.29. The molecule has 3 rings (SSSR count). The van der Waals surface area contributed by atoms with Crippen molar-refractivity contribution < 1.29 is 9.53 Å². The van der Waals surface area contributed by atoms with Gasteiger partial charge in [-0.05, 0) is 23.9 Å². The van der Waals surface area contributed by atoms with Crippen LogP contribution in [0.4, 0.5) is 0 Å². The van der Waals surface area contributed by atoms with E-state index in [4.69, 9.17) is 4.74 Å². The van der Waals surface area contributed by atoms with Crippen molar-refractivity contribution in [1.29, 1.82) is 0 Å². The third-order valence-electron chi connectivity index (χ3n) is 3.30. The van der Waals surface area contributed by atoms with Crippen LogP contribution in [0.25, 0.3) is 10.1 Å². The van der Waals surface area contributed by atoms with E-state index in [2.05, 4.69) is 0 Å². The number of Topliss-reactive ketones (excluding diaryl/α,β-unsaturated/α-hetero) is 1. The summed E-state index contributed by atoms with van der Waals surface area (Å²) in [5, 5.41) is 2.58. The van der Waals surface area contributed by atoms with E-state index in [9.17, 15) is 9.59 Å². The summed E-state index contributed by atoms with van der Waals surface area (Å²) in [5.74, 6) is 0.0410. The maximum atomic E-state index is 12.1. The molecule has 0 N–H and O–H groups in total. The van der Waals surface area contributed by atoms with Crippen molar-refractivity contribution in [1.82, 2.24) is 4.57 Å². The van der Waals surface area contributed by atoms with E-state index < -0.39 is 0 Å². The summed E-state index contributed by atoms with van der Waals surface area (Å²) in [6.07, 6.45) is 2.48. The molecule has 2 aromatic heterocycles. The predicted octanol–water partition coefficient (Wildman–Crippen LogP) is 1.67. The quantitative estimate of drug-likeness (QED) is 0.846. The van der Waals surface area contributed by atoms with Crippen molar-refractivity contribution in [3.8, 4) is 0 Å². The molecule has 1 unspecified atom stereocenters. The second-order valence-corrected chi connectivity index (χ2v) is 5.42. The normalized spacial score (nSPS) is 19.4. The zero-order valence-electron chi connectivity index (χ0n) is 9.80. The number of pyridine rings is 1. The Morgan fingerprint density at radius 1 is 1.50 bits per heavy atom. The minimum Gasteiger partial charge on any atom is -0.381 e. The van der Waals surface area contributed by atoms with E-state index >= 15 is 0 Å². The Bertz CT molecular complexity index is 637. The minimum absolute atomic E-state index is 0.0462. The Morgan fingerprint density at radius 3 is 3.17 bits per heavy atom. The summed E-state index contributed by atoms with van der Waals surface area (Å²) in [5.41, 5.74) is -0.0824. The molecule has 0 radical (unpaired) electrons. The highest BCUT2D eigenvalue weighted by Gasteiger charge is 2.23. The lowest BCUT2D eigenvalue weighted by Gasteiger charge is -2.08. The number of hydrogen-bond donors (Lipinski definition) is 0. The van der Waals surface area contributed by atoms with E-state index in [1.807, 2.05) is 17.5 Å². The van der Waals surface area contributed by atoms with Gasteiger partial charge in [0.05, 0.1) is 18.5 Å². The zero-order chi connectivity index (χ0) is 12.5. The number of carbonyl (C=O) groups excluding carboxylic acids is 1. The molecular weight excluding hydrogens is 250 g/mol. The Labute approximate surface area is 108 Å². The summed E-state index contributed by atoms with van der Waals surface area (Å²) in [6, 6.07) is 3.70. The average Bonchev–Trinajstić information content (AvgIpc) is 3.02. The second kappa shape index (κ2) is 4.66. The van der Waals surface area contributed by atoms with Crippen LogP contribution in [0, 0.1) is 5.92 Å². The van der Waals surface area contributed by atoms with Crippen molar-refractivity contribution >= 4 is 27.2 Å². The summed E-state index contributed by atoms with van der Waals surface area (Å²) < 4.78 is 7.66. The van der Waals surface area contributed by atoms with Gasteiger partial charge in [0.2, 0.25) is 0 Å². The summed E-state index contributed by atoms with van der Waals surface area (Å²) in [4.78, 5) is 24.1. The number of nitrogens with zero attached hydrogens (tertiary/aromatic N) is 1. The molecule has 0 amide bonds. The minimum atomic E-state index is -0.0824. The third-order valence-corrected chi connectivity index (χ3v) is 4.19. The molecular formula is C13H13NO3S. The molecule has 0 aliphatic carbocycles. The van der Waals surface area contributed by atoms with E-state index in [0.29, 0.717) is 18.6 Å². The van der Waals surface area contributed by atoms with Crippen molar-refractivity contribution in [2.45, 2.75) is 13.0 Å². The third kappa shape index (κ3) is 2.00. The molecule has 4 nitrogen and oxygen atoms in total. The number of aromatic nitrogens is 1. The fourth-order valence-corrected chi connectivity index (χ4v) is 2.99. The first-order chi connectivity index (χ1) is 8.75. The van der Waals surface area contributed by atoms with Gasteiger partial charge in [-0.25, -0.2) is 0 Å². The highest BCUT2D eigenvalue weighted by atomic mass is 32.1. The SMILES string of the molecule is O=C(Cn1ccc2sccc2c1=O)C1CCOC1. The number of ether oxygens (including phenoxy) is 1. The first-order valence-corrected chi connectivity index (χ1v) is 6.81. The van der Waals surface area contributed by atoms with Crippen LogP contribution in [0.3, 0.4) is 0 Å². The van der Waals surface area contributed by atoms with Crippen LogP contribution in [-0.4, -0.2) is 23.6 Å². The number of thiophene rings is 1. The van der Waals surface area contributed by atoms with Crippen LogP contribution < -0.4 is 5.56 Å². The van der Waals surface area contributed by atoms with Crippen LogP contribution in [0.15, 0.2) is 28.5 Å². The number of ketones is 1. The van der Waals surface area contributed by atoms with Crippen molar-refractivity contribution in [2.75, 3.05) is 13.2 Å². The highest BCUT2D eigenvalue weighted by molar-refractivity contribution is 7.17.